The summed E-state index contributed by atoms with van der Waals surface area (Å²) in [7, 11) is 2.48. The molecule has 2 aromatic heterocycles. The zero-order chi connectivity index (χ0) is 28.8. The van der Waals surface area contributed by atoms with Crippen LogP contribution in [0.3, 0.4) is 0 Å². The number of benzene rings is 2. The van der Waals surface area contributed by atoms with Gasteiger partial charge < -0.3 is 34.9 Å². The first kappa shape index (κ1) is 29.2. The number of carbonyl (C=O) groups excluding carboxylic acids is 2. The Hall–Kier alpha value is -3.78. The summed E-state index contributed by atoms with van der Waals surface area (Å²) in [6.07, 6.45) is 0. The Kier molecular flexibility index (Phi) is 9.53. The highest BCUT2D eigenvalue weighted by Gasteiger charge is 2.20. The Balaban J connectivity index is 1.20. The molecule has 2 atom stereocenters. The topological polar surface area (TPSA) is 185 Å². The van der Waals surface area contributed by atoms with Gasteiger partial charge in [-0.3, -0.25) is 9.59 Å². The van der Waals surface area contributed by atoms with Gasteiger partial charge in [-0.15, -0.1) is 0 Å². The van der Waals surface area contributed by atoms with Gasteiger partial charge in [-0.25, -0.2) is 9.59 Å². The third kappa shape index (κ3) is 7.45. The van der Waals surface area contributed by atoms with Gasteiger partial charge in [0.05, 0.1) is 0 Å². The Labute approximate surface area is 235 Å². The number of rotatable bonds is 11. The predicted molar refractivity (Wildman–Crippen MR) is 152 cm³/mol. The average Bonchev–Trinajstić information content (AvgIpc) is 2.91. The minimum absolute atomic E-state index is 0.0663. The molecule has 0 aliphatic rings. The zero-order valence-corrected chi connectivity index (χ0v) is 22.9. The van der Waals surface area contributed by atoms with Crippen LogP contribution in [0, 0.1) is 6.92 Å². The van der Waals surface area contributed by atoms with Gasteiger partial charge in [-0.2, -0.15) is 0 Å². The average molecular weight is 587 g/mol. The van der Waals surface area contributed by atoms with Crippen LogP contribution >= 0.6 is 21.6 Å². The molecule has 0 bridgehead atoms. The maximum atomic E-state index is 12.4. The van der Waals surface area contributed by atoms with Gasteiger partial charge in [0.1, 0.15) is 42.2 Å². The fourth-order valence-electron chi connectivity index (χ4n) is 3.69. The Morgan fingerprint density at radius 1 is 0.800 bits per heavy atom. The number of nitrogens with two attached hydrogens (primary N) is 2. The van der Waals surface area contributed by atoms with Crippen molar-refractivity contribution < 1.29 is 33.0 Å². The Morgan fingerprint density at radius 2 is 1.27 bits per heavy atom. The van der Waals surface area contributed by atoms with Crippen LogP contribution in [0.25, 0.3) is 21.9 Å². The lowest BCUT2D eigenvalue weighted by Gasteiger charge is -2.13. The van der Waals surface area contributed by atoms with E-state index >= 15 is 0 Å². The number of hydrogen-bond acceptors (Lipinski definition) is 13. The lowest BCUT2D eigenvalue weighted by atomic mass is 10.1. The Morgan fingerprint density at radius 3 is 1.80 bits per heavy atom. The van der Waals surface area contributed by atoms with E-state index in [-0.39, 0.29) is 36.1 Å². The van der Waals surface area contributed by atoms with Crippen molar-refractivity contribution in [3.63, 3.8) is 0 Å². The van der Waals surface area contributed by atoms with Crippen LogP contribution in [0.15, 0.2) is 67.0 Å². The van der Waals surface area contributed by atoms with E-state index < -0.39 is 35.3 Å². The summed E-state index contributed by atoms with van der Waals surface area (Å²) in [5.74, 6) is -1.00. The third-order valence-electron chi connectivity index (χ3n) is 5.72. The largest absolute Gasteiger partial charge is 0.508 e. The smallest absolute Gasteiger partial charge is 0.336 e. The number of fused-ring (bicyclic) bond motifs is 2. The monoisotopic (exact) mass is 586 g/mol. The van der Waals surface area contributed by atoms with E-state index in [2.05, 4.69) is 0 Å². The molecule has 0 amide bonds. The summed E-state index contributed by atoms with van der Waals surface area (Å²) >= 11 is 0. The van der Waals surface area contributed by atoms with Crippen LogP contribution in [-0.2, 0) is 32.3 Å². The van der Waals surface area contributed by atoms with E-state index in [0.717, 1.165) is 5.56 Å². The molecule has 13 heteroatoms. The first-order valence-electron chi connectivity index (χ1n) is 12.0. The van der Waals surface area contributed by atoms with Crippen LogP contribution in [0.5, 0.6) is 5.75 Å². The first-order chi connectivity index (χ1) is 19.1. The lowest BCUT2D eigenvalue weighted by Crippen LogP contribution is -2.35. The molecule has 0 spiro atoms. The fourth-order valence-corrected chi connectivity index (χ4v) is 5.90. The van der Waals surface area contributed by atoms with Gasteiger partial charge in [-0.1, -0.05) is 33.7 Å². The molecule has 2 heterocycles. The van der Waals surface area contributed by atoms with Gasteiger partial charge >= 0.3 is 23.2 Å². The fraction of sp³-hybridized carbons (Fsp3) is 0.259. The van der Waals surface area contributed by atoms with Crippen molar-refractivity contribution >= 4 is 55.5 Å². The highest BCUT2D eigenvalue weighted by molar-refractivity contribution is 8.76. The summed E-state index contributed by atoms with van der Waals surface area (Å²) in [5.41, 5.74) is 13.1. The number of hydrogen-bond donors (Lipinski definition) is 3. The molecule has 0 radical (unpaired) electrons. The van der Waals surface area contributed by atoms with Crippen molar-refractivity contribution in [2.45, 2.75) is 32.2 Å². The summed E-state index contributed by atoms with van der Waals surface area (Å²) in [6.45, 7) is 1.54. The van der Waals surface area contributed by atoms with Crippen molar-refractivity contribution in [1.29, 1.82) is 0 Å². The summed E-state index contributed by atoms with van der Waals surface area (Å²) < 4.78 is 20.8. The van der Waals surface area contributed by atoms with Crippen molar-refractivity contribution in [1.82, 2.24) is 0 Å². The highest BCUT2D eigenvalue weighted by atomic mass is 33.1. The minimum Gasteiger partial charge on any atom is -0.508 e. The second kappa shape index (κ2) is 13.0. The second-order valence-corrected chi connectivity index (χ2v) is 11.4. The zero-order valence-electron chi connectivity index (χ0n) is 21.3. The normalized spacial score (nSPS) is 12.8. The van der Waals surface area contributed by atoms with Gasteiger partial charge in [-0.05, 0) is 30.7 Å². The van der Waals surface area contributed by atoms with Crippen molar-refractivity contribution in [2.75, 3.05) is 11.5 Å². The molecule has 210 valence electrons. The number of ether oxygens (including phenoxy) is 2. The van der Waals surface area contributed by atoms with Crippen LogP contribution in [0.4, 0.5) is 0 Å². The Bertz CT molecular complexity index is 1540. The van der Waals surface area contributed by atoms with Crippen molar-refractivity contribution in [3.8, 4) is 5.75 Å². The van der Waals surface area contributed by atoms with E-state index in [0.29, 0.717) is 27.5 Å². The summed E-state index contributed by atoms with van der Waals surface area (Å²) in [5, 5.41) is 10.8. The molecule has 0 aliphatic heterocycles. The van der Waals surface area contributed by atoms with E-state index in [1.54, 1.807) is 18.2 Å². The van der Waals surface area contributed by atoms with Crippen molar-refractivity contribution in [2.24, 2.45) is 11.5 Å². The van der Waals surface area contributed by atoms with Crippen LogP contribution in [0.2, 0.25) is 0 Å². The highest BCUT2D eigenvalue weighted by Crippen LogP contribution is 2.25. The molecule has 0 unspecified atom stereocenters. The number of phenols is 1. The predicted octanol–water partition coefficient (Wildman–Crippen LogP) is 2.74. The second-order valence-electron chi connectivity index (χ2n) is 8.86. The van der Waals surface area contributed by atoms with Gasteiger partial charge in [0.15, 0.2) is 0 Å². The standard InChI is InChI=1S/C27H26N2O9S2/c1-14-2-4-18-15(7-24(31)37-22(18)6-14)10-35-26(33)20(28)12-39-40-13-21(29)27(34)36-11-16-8-25(32)38-23-9-17(30)3-5-19(16)23/h2-9,20-21,30H,10-13,28-29H2,1H3/t20-,21-/m0/s1. The van der Waals surface area contributed by atoms with Gasteiger partial charge in [0.25, 0.3) is 0 Å². The van der Waals surface area contributed by atoms with Gasteiger partial charge in [0, 0.05) is 51.6 Å². The van der Waals surface area contributed by atoms with E-state index in [4.69, 9.17) is 29.8 Å². The third-order valence-corrected chi connectivity index (χ3v) is 8.20. The molecule has 2 aromatic carbocycles. The van der Waals surface area contributed by atoms with E-state index in [9.17, 15) is 24.3 Å². The summed E-state index contributed by atoms with van der Waals surface area (Å²) in [6, 6.07) is 10.3. The van der Waals surface area contributed by atoms with Gasteiger partial charge in [0.2, 0.25) is 0 Å². The molecule has 5 N–H and O–H groups in total. The number of aryl methyl sites for hydroxylation is 1. The minimum atomic E-state index is -0.960. The summed E-state index contributed by atoms with van der Waals surface area (Å²) in [4.78, 5) is 48.4. The molecular formula is C27H26N2O9S2. The number of phenolic OH excluding ortho intramolecular Hbond substituents is 1. The van der Waals surface area contributed by atoms with Crippen LogP contribution in [0.1, 0.15) is 16.7 Å². The number of esters is 2. The van der Waals surface area contributed by atoms with Crippen LogP contribution in [-0.4, -0.2) is 40.6 Å². The molecule has 11 nitrogen and oxygen atoms in total. The number of carbonyl (C=O) groups is 2. The van der Waals surface area contributed by atoms with E-state index in [1.165, 1.54) is 45.9 Å². The molecular weight excluding hydrogens is 560 g/mol. The molecule has 4 rings (SSSR count). The first-order valence-corrected chi connectivity index (χ1v) is 14.5. The lowest BCUT2D eigenvalue weighted by molar-refractivity contribution is -0.146. The molecule has 0 saturated heterocycles. The maximum absolute atomic E-state index is 12.4. The van der Waals surface area contributed by atoms with E-state index in [1.807, 2.05) is 13.0 Å². The van der Waals surface area contributed by atoms with Crippen molar-refractivity contribution in [3.05, 3.63) is 86.1 Å². The SMILES string of the molecule is Cc1ccc2c(COC(=O)[C@@H](N)CSSC[C@H](N)C(=O)OCc3cc(=O)oc4cc(O)ccc34)cc(=O)oc2c1. The molecule has 0 saturated carbocycles. The maximum Gasteiger partial charge on any atom is 0.336 e. The number of aromatic hydroxyl groups is 1. The quantitative estimate of drug-likeness (QED) is 0.101. The molecule has 0 fully saturated rings. The molecule has 0 aliphatic carbocycles. The molecule has 40 heavy (non-hydrogen) atoms. The van der Waals surface area contributed by atoms with Crippen LogP contribution < -0.4 is 22.7 Å². The molecule has 4 aromatic rings.